The van der Waals surface area contributed by atoms with E-state index in [1.54, 1.807) is 24.3 Å². The molecule has 1 aliphatic rings. The number of hydrogen-bond donors (Lipinski definition) is 2. The quantitative estimate of drug-likeness (QED) is 0.756. The highest BCUT2D eigenvalue weighted by molar-refractivity contribution is 5.69. The van der Waals surface area contributed by atoms with Crippen LogP contribution in [0.3, 0.4) is 0 Å². The molecule has 2 N–H and O–H groups in total. The second-order valence-electron chi connectivity index (χ2n) is 7.32. The van der Waals surface area contributed by atoms with E-state index in [1.807, 2.05) is 32.0 Å². The maximum atomic E-state index is 13.1. The van der Waals surface area contributed by atoms with Crippen molar-refractivity contribution in [3.8, 4) is 11.5 Å². The van der Waals surface area contributed by atoms with Gasteiger partial charge in [-0.25, -0.2) is 0 Å². The van der Waals surface area contributed by atoms with Gasteiger partial charge >= 0.3 is 12.1 Å². The van der Waals surface area contributed by atoms with Crippen LogP contribution in [-0.4, -0.2) is 23.8 Å². The summed E-state index contributed by atoms with van der Waals surface area (Å²) in [5.41, 5.74) is 1.20. The number of halogens is 3. The molecule has 0 spiro atoms. The average Bonchev–Trinajstić information content (AvgIpc) is 3.04. The van der Waals surface area contributed by atoms with Gasteiger partial charge in [-0.3, -0.25) is 4.79 Å². The van der Waals surface area contributed by atoms with Crippen molar-refractivity contribution in [2.45, 2.75) is 38.4 Å². The third kappa shape index (κ3) is 4.14. The molecule has 1 aliphatic heterocycles. The first kappa shape index (κ1) is 20.2. The molecule has 1 heterocycles. The molecule has 1 saturated heterocycles. The minimum atomic E-state index is -4.36. The van der Waals surface area contributed by atoms with Crippen LogP contribution in [0, 0.1) is 19.8 Å². The van der Waals surface area contributed by atoms with Crippen LogP contribution in [0.5, 0.6) is 11.5 Å². The monoisotopic (exact) mass is 393 g/mol. The van der Waals surface area contributed by atoms with Crippen molar-refractivity contribution in [3.63, 3.8) is 0 Å². The van der Waals surface area contributed by atoms with E-state index in [-0.39, 0.29) is 13.0 Å². The molecule has 0 unspecified atom stereocenters. The molecule has 0 aromatic heterocycles. The fraction of sp³-hybridized carbons (Fsp3) is 0.381. The van der Waals surface area contributed by atoms with E-state index >= 15 is 0 Å². The lowest BCUT2D eigenvalue weighted by Gasteiger charge is -2.29. The van der Waals surface area contributed by atoms with Gasteiger partial charge in [-0.15, -0.1) is 0 Å². The number of carboxylic acid groups (broad SMARTS) is 1. The summed E-state index contributed by atoms with van der Waals surface area (Å²) in [5, 5.41) is 12.1. The summed E-state index contributed by atoms with van der Waals surface area (Å²) < 4.78 is 45.3. The van der Waals surface area contributed by atoms with Crippen molar-refractivity contribution in [1.29, 1.82) is 0 Å². The van der Waals surface area contributed by atoms with Crippen LogP contribution >= 0.6 is 0 Å². The third-order valence-corrected chi connectivity index (χ3v) is 5.23. The van der Waals surface area contributed by atoms with Gasteiger partial charge in [-0.05, 0) is 49.1 Å². The Kier molecular flexibility index (Phi) is 5.39. The molecule has 0 bridgehead atoms. The molecule has 3 rings (SSSR count). The smallest absolute Gasteiger partial charge is 0.393 e. The van der Waals surface area contributed by atoms with Gasteiger partial charge in [0.2, 0.25) is 0 Å². The Morgan fingerprint density at radius 3 is 2.29 bits per heavy atom. The Bertz CT molecular complexity index is 844. The van der Waals surface area contributed by atoms with Gasteiger partial charge in [-0.2, -0.15) is 13.2 Å². The van der Waals surface area contributed by atoms with E-state index in [4.69, 9.17) is 4.74 Å². The number of aryl methyl sites for hydroxylation is 2. The summed E-state index contributed by atoms with van der Waals surface area (Å²) in [6, 6.07) is 12.4. The number of carboxylic acids is 1. The van der Waals surface area contributed by atoms with E-state index < -0.39 is 30.0 Å². The van der Waals surface area contributed by atoms with E-state index in [0.29, 0.717) is 11.3 Å². The molecule has 2 aromatic rings. The number of para-hydroxylation sites is 1. The molecule has 28 heavy (non-hydrogen) atoms. The molecule has 2 aromatic carbocycles. The Morgan fingerprint density at radius 2 is 1.79 bits per heavy atom. The van der Waals surface area contributed by atoms with Crippen LogP contribution in [0.2, 0.25) is 0 Å². The van der Waals surface area contributed by atoms with Crippen LogP contribution in [0.4, 0.5) is 13.2 Å². The molecule has 0 aliphatic carbocycles. The first-order valence-corrected chi connectivity index (χ1v) is 8.99. The summed E-state index contributed by atoms with van der Waals surface area (Å²) in [6.07, 6.45) is -5.09. The van der Waals surface area contributed by atoms with Crippen molar-refractivity contribution in [1.82, 2.24) is 5.32 Å². The zero-order valence-corrected chi connectivity index (χ0v) is 15.6. The van der Waals surface area contributed by atoms with E-state index in [2.05, 4.69) is 5.32 Å². The van der Waals surface area contributed by atoms with Crippen molar-refractivity contribution in [3.05, 3.63) is 59.2 Å². The van der Waals surface area contributed by atoms with E-state index in [9.17, 15) is 23.1 Å². The fourth-order valence-electron chi connectivity index (χ4n) is 3.75. The predicted molar refractivity (Wildman–Crippen MR) is 98.5 cm³/mol. The predicted octanol–water partition coefficient (Wildman–Crippen LogP) is 4.94. The summed E-state index contributed by atoms with van der Waals surface area (Å²) in [5.74, 6) is -1.45. The lowest BCUT2D eigenvalue weighted by molar-refractivity contribution is -0.170. The molecule has 0 amide bonds. The molecule has 0 saturated carbocycles. The highest BCUT2D eigenvalue weighted by Gasteiger charge is 2.51. The second kappa shape index (κ2) is 7.47. The van der Waals surface area contributed by atoms with Gasteiger partial charge in [0.25, 0.3) is 0 Å². The normalized spacial score (nSPS) is 22.2. The lowest BCUT2D eigenvalue weighted by Crippen LogP contribution is -2.38. The summed E-state index contributed by atoms with van der Waals surface area (Å²) in [4.78, 5) is 11.3. The fourth-order valence-corrected chi connectivity index (χ4v) is 3.75. The zero-order valence-electron chi connectivity index (χ0n) is 15.6. The van der Waals surface area contributed by atoms with Gasteiger partial charge in [0.05, 0.1) is 17.9 Å². The Morgan fingerprint density at radius 1 is 1.18 bits per heavy atom. The SMILES string of the molecule is Cc1cccc(C)c1Oc1ccc([C@@]2(CC(=O)O)C[C@H](C(F)(F)F)CN2)cc1. The van der Waals surface area contributed by atoms with Gasteiger partial charge in [-0.1, -0.05) is 30.3 Å². The van der Waals surface area contributed by atoms with Crippen molar-refractivity contribution >= 4 is 5.97 Å². The van der Waals surface area contributed by atoms with Crippen LogP contribution in [0.15, 0.2) is 42.5 Å². The standard InChI is InChI=1S/C21H22F3NO3/c1-13-4-3-5-14(2)19(13)28-17-8-6-15(7-9-17)20(11-18(26)27)10-16(12-25-20)21(22,23)24/h3-9,16,25H,10-12H2,1-2H3,(H,26,27)/t16-,20-/m0/s1. The molecular weight excluding hydrogens is 371 g/mol. The molecule has 2 atom stereocenters. The van der Waals surface area contributed by atoms with Crippen molar-refractivity contribution in [2.24, 2.45) is 5.92 Å². The molecule has 7 heteroatoms. The summed E-state index contributed by atoms with van der Waals surface area (Å²) in [6.45, 7) is 3.56. The number of ether oxygens (including phenoxy) is 1. The Labute approximate surface area is 161 Å². The molecular formula is C21H22F3NO3. The molecule has 4 nitrogen and oxygen atoms in total. The summed E-state index contributed by atoms with van der Waals surface area (Å²) >= 11 is 0. The number of rotatable bonds is 5. The number of hydrogen-bond acceptors (Lipinski definition) is 3. The Hall–Kier alpha value is -2.54. The number of aliphatic carboxylic acids is 1. The third-order valence-electron chi connectivity index (χ3n) is 5.23. The van der Waals surface area contributed by atoms with Gasteiger partial charge in [0, 0.05) is 6.54 Å². The zero-order chi connectivity index (χ0) is 20.5. The van der Waals surface area contributed by atoms with Crippen LogP contribution in [-0.2, 0) is 10.3 Å². The largest absolute Gasteiger partial charge is 0.481 e. The molecule has 1 fully saturated rings. The number of carbonyl (C=O) groups is 1. The first-order valence-electron chi connectivity index (χ1n) is 8.99. The van der Waals surface area contributed by atoms with Gasteiger partial charge in [0.15, 0.2) is 0 Å². The first-order chi connectivity index (χ1) is 13.1. The van der Waals surface area contributed by atoms with Crippen LogP contribution in [0.1, 0.15) is 29.5 Å². The van der Waals surface area contributed by atoms with E-state index in [1.165, 1.54) is 0 Å². The summed E-state index contributed by atoms with van der Waals surface area (Å²) in [7, 11) is 0. The van der Waals surface area contributed by atoms with Crippen LogP contribution in [0.25, 0.3) is 0 Å². The minimum absolute atomic E-state index is 0.294. The molecule has 150 valence electrons. The highest BCUT2D eigenvalue weighted by atomic mass is 19.4. The maximum Gasteiger partial charge on any atom is 0.393 e. The Balaban J connectivity index is 1.86. The van der Waals surface area contributed by atoms with Crippen molar-refractivity contribution < 1.29 is 27.8 Å². The van der Waals surface area contributed by atoms with E-state index in [0.717, 1.165) is 16.9 Å². The second-order valence-corrected chi connectivity index (χ2v) is 7.32. The van der Waals surface area contributed by atoms with Crippen molar-refractivity contribution in [2.75, 3.05) is 6.54 Å². The molecule has 0 radical (unpaired) electrons. The number of nitrogens with one attached hydrogen (secondary N) is 1. The minimum Gasteiger partial charge on any atom is -0.481 e. The number of benzene rings is 2. The van der Waals surface area contributed by atoms with Gasteiger partial charge in [0.1, 0.15) is 11.5 Å². The lowest BCUT2D eigenvalue weighted by atomic mass is 9.82. The van der Waals surface area contributed by atoms with Crippen LogP contribution < -0.4 is 10.1 Å². The average molecular weight is 393 g/mol. The maximum absolute atomic E-state index is 13.1. The van der Waals surface area contributed by atoms with Gasteiger partial charge < -0.3 is 15.2 Å². The topological polar surface area (TPSA) is 58.6 Å². The highest BCUT2D eigenvalue weighted by Crippen LogP contribution is 2.44. The number of alkyl halides is 3.